The normalized spacial score (nSPS) is 11.9. The Morgan fingerprint density at radius 3 is 2.89 bits per heavy atom. The molecule has 0 radical (unpaired) electrons. The van der Waals surface area contributed by atoms with Crippen molar-refractivity contribution in [3.8, 4) is 0 Å². The van der Waals surface area contributed by atoms with Crippen molar-refractivity contribution in [1.29, 1.82) is 0 Å². The van der Waals surface area contributed by atoms with Crippen molar-refractivity contribution in [2.75, 3.05) is 6.54 Å². The van der Waals surface area contributed by atoms with Crippen LogP contribution in [0.15, 0.2) is 22.0 Å². The maximum absolute atomic E-state index is 12.0. The highest BCUT2D eigenvalue weighted by Gasteiger charge is 2.16. The Labute approximate surface area is 115 Å². The lowest BCUT2D eigenvalue weighted by atomic mass is 10.4. The van der Waals surface area contributed by atoms with Gasteiger partial charge < -0.3 is 10.3 Å². The molecule has 0 aliphatic rings. The van der Waals surface area contributed by atoms with Crippen molar-refractivity contribution < 1.29 is 8.42 Å². The van der Waals surface area contributed by atoms with Crippen LogP contribution in [0, 0.1) is 0 Å². The molecule has 2 heterocycles. The lowest BCUT2D eigenvalue weighted by Crippen LogP contribution is -2.26. The van der Waals surface area contributed by atoms with Crippen molar-refractivity contribution >= 4 is 21.4 Å². The smallest absolute Gasteiger partial charge is 0.250 e. The second-order valence-corrected chi connectivity index (χ2v) is 6.89. The zero-order valence-corrected chi connectivity index (χ0v) is 12.0. The molecule has 9 heteroatoms. The summed E-state index contributed by atoms with van der Waals surface area (Å²) in [6, 6.07) is 1.59. The molecule has 3 N–H and O–H groups in total. The van der Waals surface area contributed by atoms with Crippen LogP contribution in [-0.2, 0) is 30.0 Å². The zero-order valence-electron chi connectivity index (χ0n) is 10.4. The zero-order chi connectivity index (χ0) is 13.9. The van der Waals surface area contributed by atoms with Gasteiger partial charge in [0.2, 0.25) is 10.0 Å². The molecule has 2 aromatic heterocycles. The third kappa shape index (κ3) is 3.38. The SMILES string of the molecule is Cn1cnnc1CCNS(=O)(=O)c1cc(CN)cs1. The molecular weight excluding hydrogens is 286 g/mol. The summed E-state index contributed by atoms with van der Waals surface area (Å²) in [5, 5.41) is 9.37. The molecule has 0 aromatic carbocycles. The molecule has 104 valence electrons. The summed E-state index contributed by atoms with van der Waals surface area (Å²) >= 11 is 1.17. The molecular formula is C10H15N5O2S2. The maximum Gasteiger partial charge on any atom is 0.250 e. The van der Waals surface area contributed by atoms with Gasteiger partial charge in [0.1, 0.15) is 16.4 Å². The molecule has 0 aliphatic heterocycles. The van der Waals surface area contributed by atoms with Gasteiger partial charge in [0, 0.05) is 26.6 Å². The quantitative estimate of drug-likeness (QED) is 0.773. The Balaban J connectivity index is 1.96. The van der Waals surface area contributed by atoms with Crippen LogP contribution in [-0.4, -0.2) is 29.7 Å². The molecule has 0 spiro atoms. The number of thiophene rings is 1. The summed E-state index contributed by atoms with van der Waals surface area (Å²) < 4.78 is 28.6. The highest BCUT2D eigenvalue weighted by molar-refractivity contribution is 7.91. The van der Waals surface area contributed by atoms with Gasteiger partial charge in [0.25, 0.3) is 0 Å². The first-order valence-electron chi connectivity index (χ1n) is 5.63. The number of sulfonamides is 1. The first kappa shape index (κ1) is 14.1. The highest BCUT2D eigenvalue weighted by Crippen LogP contribution is 2.19. The summed E-state index contributed by atoms with van der Waals surface area (Å²) in [5.41, 5.74) is 6.28. The third-order valence-electron chi connectivity index (χ3n) is 2.58. The van der Waals surface area contributed by atoms with E-state index in [0.717, 1.165) is 11.4 Å². The van der Waals surface area contributed by atoms with Crippen LogP contribution >= 0.6 is 11.3 Å². The van der Waals surface area contributed by atoms with Crippen LogP contribution in [0.25, 0.3) is 0 Å². The number of aryl methyl sites for hydroxylation is 1. The lowest BCUT2D eigenvalue weighted by molar-refractivity contribution is 0.582. The molecule has 0 saturated carbocycles. The highest BCUT2D eigenvalue weighted by atomic mass is 32.2. The van der Waals surface area contributed by atoms with Gasteiger partial charge in [-0.05, 0) is 17.0 Å². The van der Waals surface area contributed by atoms with E-state index < -0.39 is 10.0 Å². The van der Waals surface area contributed by atoms with Gasteiger partial charge in [-0.25, -0.2) is 13.1 Å². The van der Waals surface area contributed by atoms with Gasteiger partial charge in [0.15, 0.2) is 0 Å². The van der Waals surface area contributed by atoms with E-state index in [9.17, 15) is 8.42 Å². The summed E-state index contributed by atoms with van der Waals surface area (Å²) in [7, 11) is -1.64. The van der Waals surface area contributed by atoms with E-state index in [2.05, 4.69) is 14.9 Å². The average molecular weight is 301 g/mol. The van der Waals surface area contributed by atoms with Crippen molar-refractivity contribution in [2.24, 2.45) is 12.8 Å². The minimum Gasteiger partial charge on any atom is -0.326 e. The fourth-order valence-electron chi connectivity index (χ4n) is 1.50. The van der Waals surface area contributed by atoms with Crippen molar-refractivity contribution in [1.82, 2.24) is 19.5 Å². The average Bonchev–Trinajstić information content (AvgIpc) is 2.99. The maximum atomic E-state index is 12.0. The molecule has 7 nitrogen and oxygen atoms in total. The second kappa shape index (κ2) is 5.78. The molecule has 0 bridgehead atoms. The van der Waals surface area contributed by atoms with Crippen LogP contribution in [0.3, 0.4) is 0 Å². The molecule has 0 saturated heterocycles. The second-order valence-electron chi connectivity index (χ2n) is 3.98. The third-order valence-corrected chi connectivity index (χ3v) is 5.53. The van der Waals surface area contributed by atoms with Crippen LogP contribution < -0.4 is 10.5 Å². The topological polar surface area (TPSA) is 103 Å². The minimum absolute atomic E-state index is 0.282. The standard InChI is InChI=1S/C10H15N5O2S2/c1-15-7-12-14-9(15)2-3-13-19(16,17)10-4-8(5-11)6-18-10/h4,6-7,13H,2-3,5,11H2,1H3. The van der Waals surface area contributed by atoms with E-state index >= 15 is 0 Å². The van der Waals surface area contributed by atoms with Crippen molar-refractivity contribution in [3.63, 3.8) is 0 Å². The predicted octanol–water partition coefficient (Wildman–Crippen LogP) is -0.144. The van der Waals surface area contributed by atoms with Gasteiger partial charge in [-0.2, -0.15) is 0 Å². The number of aromatic nitrogens is 3. The molecule has 19 heavy (non-hydrogen) atoms. The Morgan fingerprint density at radius 1 is 1.53 bits per heavy atom. The van der Waals surface area contributed by atoms with E-state index in [1.807, 2.05) is 7.05 Å². The van der Waals surface area contributed by atoms with E-state index in [0.29, 0.717) is 13.0 Å². The molecule has 2 rings (SSSR count). The number of hydrogen-bond donors (Lipinski definition) is 2. The van der Waals surface area contributed by atoms with Crippen LogP contribution in [0.4, 0.5) is 0 Å². The Bertz CT molecular complexity index is 646. The summed E-state index contributed by atoms with van der Waals surface area (Å²) in [5.74, 6) is 0.733. The van der Waals surface area contributed by atoms with Gasteiger partial charge in [0.05, 0.1) is 0 Å². The molecule has 0 atom stereocenters. The molecule has 2 aromatic rings. The molecule has 0 fully saturated rings. The van der Waals surface area contributed by atoms with Gasteiger partial charge in [-0.1, -0.05) is 0 Å². The van der Waals surface area contributed by atoms with Crippen LogP contribution in [0.1, 0.15) is 11.4 Å². The largest absolute Gasteiger partial charge is 0.326 e. The van der Waals surface area contributed by atoms with Crippen LogP contribution in [0.2, 0.25) is 0 Å². The lowest BCUT2D eigenvalue weighted by Gasteiger charge is -2.04. The monoisotopic (exact) mass is 301 g/mol. The van der Waals surface area contributed by atoms with Crippen molar-refractivity contribution in [3.05, 3.63) is 29.2 Å². The summed E-state index contributed by atoms with van der Waals surface area (Å²) in [4.78, 5) is 0. The van der Waals surface area contributed by atoms with Gasteiger partial charge in [-0.15, -0.1) is 21.5 Å². The number of nitrogens with zero attached hydrogens (tertiary/aromatic N) is 3. The van der Waals surface area contributed by atoms with E-state index in [1.54, 1.807) is 22.3 Å². The number of hydrogen-bond acceptors (Lipinski definition) is 6. The van der Waals surface area contributed by atoms with Gasteiger partial charge in [-0.3, -0.25) is 0 Å². The number of nitrogens with two attached hydrogens (primary N) is 1. The Kier molecular flexibility index (Phi) is 4.30. The number of rotatable bonds is 6. The minimum atomic E-state index is -3.46. The van der Waals surface area contributed by atoms with E-state index in [1.165, 1.54) is 11.3 Å². The Morgan fingerprint density at radius 2 is 2.32 bits per heavy atom. The predicted molar refractivity (Wildman–Crippen MR) is 72.1 cm³/mol. The molecule has 0 aliphatic carbocycles. The summed E-state index contributed by atoms with van der Waals surface area (Å²) in [6.07, 6.45) is 2.07. The molecule has 0 unspecified atom stereocenters. The molecule has 0 amide bonds. The van der Waals surface area contributed by atoms with Gasteiger partial charge >= 0.3 is 0 Å². The van der Waals surface area contributed by atoms with E-state index in [-0.39, 0.29) is 10.8 Å². The summed E-state index contributed by atoms with van der Waals surface area (Å²) in [6.45, 7) is 0.621. The van der Waals surface area contributed by atoms with E-state index in [4.69, 9.17) is 5.73 Å². The fraction of sp³-hybridized carbons (Fsp3) is 0.400. The van der Waals surface area contributed by atoms with Crippen LogP contribution in [0.5, 0.6) is 0 Å². The van der Waals surface area contributed by atoms with Crippen molar-refractivity contribution in [2.45, 2.75) is 17.2 Å². The number of nitrogens with one attached hydrogen (secondary N) is 1. The fourth-order valence-corrected chi connectivity index (χ4v) is 3.80. The first-order valence-corrected chi connectivity index (χ1v) is 7.99. The Hall–Kier alpha value is -1.29. The first-order chi connectivity index (χ1) is 9.03.